The van der Waals surface area contributed by atoms with Crippen LogP contribution in [0.3, 0.4) is 0 Å². The first kappa shape index (κ1) is 33.2. The van der Waals surface area contributed by atoms with Crippen molar-refractivity contribution in [3.8, 4) is 0 Å². The lowest BCUT2D eigenvalue weighted by atomic mass is 9.71. The summed E-state index contributed by atoms with van der Waals surface area (Å²) < 4.78 is 0. The molecule has 2 heterocycles. The number of hydrogen-bond donors (Lipinski definition) is 4. The van der Waals surface area contributed by atoms with Gasteiger partial charge in [-0.2, -0.15) is 0 Å². The molecule has 10 nitrogen and oxygen atoms in total. The third-order valence-electron chi connectivity index (χ3n) is 10.5. The largest absolute Gasteiger partial charge is 0.358 e. The fraction of sp³-hybridized carbons (Fsp3) is 0.447. The molecule has 4 N–H and O–H groups in total. The number of non-ortho nitro benzene ring substituents is 1. The molecule has 6 rings (SSSR count). The van der Waals surface area contributed by atoms with Crippen LogP contribution in [-0.4, -0.2) is 38.9 Å². The van der Waals surface area contributed by atoms with Crippen LogP contribution in [0.25, 0.3) is 10.9 Å². The molecule has 0 spiro atoms. The van der Waals surface area contributed by atoms with Crippen LogP contribution in [-0.2, 0) is 23.1 Å². The highest BCUT2D eigenvalue weighted by Crippen LogP contribution is 2.41. The number of urea groups is 1. The number of benzene rings is 2. The maximum Gasteiger partial charge on any atom is 0.320 e. The Balaban J connectivity index is 1.37. The van der Waals surface area contributed by atoms with Gasteiger partial charge < -0.3 is 20.9 Å². The Morgan fingerprint density at radius 3 is 2.29 bits per heavy atom. The van der Waals surface area contributed by atoms with Gasteiger partial charge in [0.25, 0.3) is 5.69 Å². The first-order chi connectivity index (χ1) is 23.0. The summed E-state index contributed by atoms with van der Waals surface area (Å²) in [5.41, 5.74) is 4.29. The van der Waals surface area contributed by atoms with E-state index in [4.69, 9.17) is 4.98 Å². The fourth-order valence-electron chi connectivity index (χ4n) is 7.90. The van der Waals surface area contributed by atoms with Crippen molar-refractivity contribution in [2.24, 2.45) is 0 Å². The van der Waals surface area contributed by atoms with E-state index in [-0.39, 0.29) is 40.2 Å². The molecular formula is C38H46N6O4. The van der Waals surface area contributed by atoms with Gasteiger partial charge in [-0.25, -0.2) is 4.79 Å². The van der Waals surface area contributed by atoms with E-state index >= 15 is 0 Å². The SMILES string of the molecule is CC(C)c1cccc(C(C)C)c1NC(=O)NC1(C(=O)NCC2(c3ccccn3)CCCCC2)CCc2[nH]c3cccc([N+](=O)[O-])c3c2C1. The number of para-hydroxylation sites is 1. The number of H-pyrrole nitrogens is 1. The Hall–Kier alpha value is -4.73. The molecule has 2 aromatic heterocycles. The number of pyridine rings is 1. The Kier molecular flexibility index (Phi) is 9.27. The van der Waals surface area contributed by atoms with E-state index in [1.165, 1.54) is 6.07 Å². The monoisotopic (exact) mass is 650 g/mol. The number of carbonyl (C=O) groups is 2. The first-order valence-corrected chi connectivity index (χ1v) is 17.2. The molecule has 1 saturated carbocycles. The zero-order chi connectivity index (χ0) is 34.1. The second-order valence-electron chi connectivity index (χ2n) is 14.2. The smallest absolute Gasteiger partial charge is 0.320 e. The van der Waals surface area contributed by atoms with Crippen LogP contribution in [0.15, 0.2) is 60.8 Å². The minimum absolute atomic E-state index is 0.0191. The number of carbonyl (C=O) groups excluding carboxylic acids is 2. The van der Waals surface area contributed by atoms with Crippen LogP contribution in [0.5, 0.6) is 0 Å². The van der Waals surface area contributed by atoms with Gasteiger partial charge in [0.2, 0.25) is 5.91 Å². The number of aromatic nitrogens is 2. The summed E-state index contributed by atoms with van der Waals surface area (Å²) in [5.74, 6) is 0.0374. The van der Waals surface area contributed by atoms with Crippen molar-refractivity contribution >= 4 is 34.2 Å². The lowest BCUT2D eigenvalue weighted by molar-refractivity contribution is -0.383. The van der Waals surface area contributed by atoms with Gasteiger partial charge >= 0.3 is 6.03 Å². The summed E-state index contributed by atoms with van der Waals surface area (Å²) in [6.45, 7) is 8.75. The van der Waals surface area contributed by atoms with Gasteiger partial charge in [0.15, 0.2) is 0 Å². The number of aromatic amines is 1. The molecule has 1 unspecified atom stereocenters. The van der Waals surface area contributed by atoms with E-state index in [0.29, 0.717) is 35.9 Å². The molecule has 2 aliphatic rings. The number of amides is 3. The highest BCUT2D eigenvalue weighted by Gasteiger charge is 2.46. The zero-order valence-corrected chi connectivity index (χ0v) is 28.3. The third kappa shape index (κ3) is 6.28. The van der Waals surface area contributed by atoms with Crippen molar-refractivity contribution < 1.29 is 14.5 Å². The minimum Gasteiger partial charge on any atom is -0.358 e. The second-order valence-corrected chi connectivity index (χ2v) is 14.2. The highest BCUT2D eigenvalue weighted by molar-refractivity contribution is 5.99. The van der Waals surface area contributed by atoms with Crippen LogP contribution in [0, 0.1) is 10.1 Å². The van der Waals surface area contributed by atoms with Gasteiger partial charge in [-0.1, -0.05) is 77.3 Å². The summed E-state index contributed by atoms with van der Waals surface area (Å²) in [5, 5.41) is 22.2. The number of nitrogens with one attached hydrogen (secondary N) is 4. The predicted molar refractivity (Wildman–Crippen MR) is 188 cm³/mol. The Morgan fingerprint density at radius 1 is 0.938 bits per heavy atom. The standard InChI is InChI=1S/C38H46N6O4/c1-24(2)26-12-10-13-27(25(3)4)34(26)42-36(46)43-38(20-17-29-28(22-38)33-30(41-29)14-11-15-31(33)44(47)48)35(45)40-23-37(18-7-5-8-19-37)32-16-6-9-21-39-32/h6,9-16,21,24-25,41H,5,7-8,17-20,22-23H2,1-4H3,(H,40,45)(H2,42,43,46). The highest BCUT2D eigenvalue weighted by atomic mass is 16.6. The lowest BCUT2D eigenvalue weighted by Gasteiger charge is -2.40. The van der Waals surface area contributed by atoms with Crippen molar-refractivity contribution in [2.75, 3.05) is 11.9 Å². The summed E-state index contributed by atoms with van der Waals surface area (Å²) in [6.07, 6.45) is 7.76. The van der Waals surface area contributed by atoms with Gasteiger partial charge in [-0.3, -0.25) is 19.9 Å². The molecule has 2 aromatic carbocycles. The molecular weight excluding hydrogens is 604 g/mol. The molecule has 0 radical (unpaired) electrons. The van der Waals surface area contributed by atoms with Gasteiger partial charge in [-0.15, -0.1) is 0 Å². The molecule has 1 fully saturated rings. The molecule has 4 aromatic rings. The molecule has 2 aliphatic carbocycles. The van der Waals surface area contributed by atoms with Crippen LogP contribution in [0.4, 0.5) is 16.2 Å². The second kappa shape index (κ2) is 13.4. The molecule has 3 amide bonds. The average molecular weight is 651 g/mol. The number of aryl methyl sites for hydroxylation is 1. The van der Waals surface area contributed by atoms with Gasteiger partial charge in [0, 0.05) is 47.7 Å². The number of hydrogen-bond acceptors (Lipinski definition) is 5. The van der Waals surface area contributed by atoms with E-state index in [0.717, 1.165) is 60.3 Å². The number of fused-ring (bicyclic) bond motifs is 3. The van der Waals surface area contributed by atoms with E-state index in [9.17, 15) is 19.7 Å². The van der Waals surface area contributed by atoms with Crippen LogP contribution in [0.1, 0.15) is 106 Å². The first-order valence-electron chi connectivity index (χ1n) is 17.2. The van der Waals surface area contributed by atoms with Crippen molar-refractivity contribution in [3.05, 3.63) is 99.0 Å². The molecule has 252 valence electrons. The van der Waals surface area contributed by atoms with Crippen molar-refractivity contribution in [1.82, 2.24) is 20.6 Å². The quantitative estimate of drug-likeness (QED) is 0.108. The maximum atomic E-state index is 14.6. The summed E-state index contributed by atoms with van der Waals surface area (Å²) in [7, 11) is 0. The Morgan fingerprint density at radius 2 is 1.65 bits per heavy atom. The zero-order valence-electron chi connectivity index (χ0n) is 28.3. The lowest BCUT2D eigenvalue weighted by Crippen LogP contribution is -2.63. The Bertz CT molecular complexity index is 1800. The van der Waals surface area contributed by atoms with Crippen molar-refractivity contribution in [1.29, 1.82) is 0 Å². The Labute approximate surface area is 281 Å². The summed E-state index contributed by atoms with van der Waals surface area (Å²) >= 11 is 0. The summed E-state index contributed by atoms with van der Waals surface area (Å²) in [6, 6.07) is 16.5. The molecule has 48 heavy (non-hydrogen) atoms. The summed E-state index contributed by atoms with van der Waals surface area (Å²) in [4.78, 5) is 48.5. The van der Waals surface area contributed by atoms with Crippen molar-refractivity contribution in [3.63, 3.8) is 0 Å². The topological polar surface area (TPSA) is 142 Å². The van der Waals surface area contributed by atoms with Crippen molar-refractivity contribution in [2.45, 2.75) is 102 Å². The van der Waals surface area contributed by atoms with E-state index in [2.05, 4.69) is 48.6 Å². The number of nitrogens with zero attached hydrogens (tertiary/aromatic N) is 2. The number of nitro groups is 1. The predicted octanol–water partition coefficient (Wildman–Crippen LogP) is 7.79. The average Bonchev–Trinajstić information content (AvgIpc) is 3.45. The van der Waals surface area contributed by atoms with Crippen LogP contribution < -0.4 is 16.0 Å². The normalized spacial score (nSPS) is 18.8. The number of anilines is 1. The molecule has 0 saturated heterocycles. The van der Waals surface area contributed by atoms with Gasteiger partial charge in [-0.05, 0) is 72.4 Å². The van der Waals surface area contributed by atoms with Gasteiger partial charge in [0.05, 0.1) is 15.8 Å². The molecule has 10 heteroatoms. The van der Waals surface area contributed by atoms with E-state index in [1.54, 1.807) is 12.3 Å². The van der Waals surface area contributed by atoms with E-state index in [1.807, 2.05) is 42.5 Å². The fourth-order valence-corrected chi connectivity index (χ4v) is 7.90. The third-order valence-corrected chi connectivity index (χ3v) is 10.5. The van der Waals surface area contributed by atoms with Gasteiger partial charge in [0.1, 0.15) is 5.54 Å². The number of nitro benzene ring substituents is 1. The molecule has 0 aliphatic heterocycles. The van der Waals surface area contributed by atoms with Crippen LogP contribution >= 0.6 is 0 Å². The maximum absolute atomic E-state index is 14.6. The molecule has 1 atom stereocenters. The van der Waals surface area contributed by atoms with E-state index < -0.39 is 11.6 Å². The number of rotatable bonds is 9. The van der Waals surface area contributed by atoms with Crippen LogP contribution in [0.2, 0.25) is 0 Å². The minimum atomic E-state index is -1.35. The molecule has 0 bridgehead atoms.